The first kappa shape index (κ1) is 12.6. The molecule has 0 radical (unpaired) electrons. The van der Waals surface area contributed by atoms with Crippen LogP contribution in [0.3, 0.4) is 0 Å². The van der Waals surface area contributed by atoms with E-state index in [4.69, 9.17) is 4.74 Å². The standard InChI is InChI=1S/C15H17N5O/c1-4-17-15(18-5-1)20-7-3-11-8-13(21-14(11)9-20)12-2-6-16-10-19-12/h1-2,4-6,10-11,13-14H,3,7-9H2/t11-,13-,14+/m1/s1. The maximum Gasteiger partial charge on any atom is 0.225 e. The van der Waals surface area contributed by atoms with E-state index >= 15 is 0 Å². The van der Waals surface area contributed by atoms with Crippen LogP contribution in [0, 0.1) is 5.92 Å². The van der Waals surface area contributed by atoms with Gasteiger partial charge < -0.3 is 9.64 Å². The van der Waals surface area contributed by atoms with Crippen LogP contribution in [0.2, 0.25) is 0 Å². The second-order valence-electron chi connectivity index (χ2n) is 5.58. The average Bonchev–Trinajstić information content (AvgIpc) is 2.99. The summed E-state index contributed by atoms with van der Waals surface area (Å²) in [5.41, 5.74) is 0.988. The van der Waals surface area contributed by atoms with Crippen molar-refractivity contribution in [2.75, 3.05) is 18.0 Å². The highest BCUT2D eigenvalue weighted by molar-refractivity contribution is 5.30. The second kappa shape index (κ2) is 5.37. The number of hydrogen-bond acceptors (Lipinski definition) is 6. The Morgan fingerprint density at radius 1 is 1.14 bits per heavy atom. The Labute approximate surface area is 123 Å². The van der Waals surface area contributed by atoms with Gasteiger partial charge >= 0.3 is 0 Å². The van der Waals surface area contributed by atoms with E-state index in [1.54, 1.807) is 24.9 Å². The number of rotatable bonds is 2. The van der Waals surface area contributed by atoms with Gasteiger partial charge in [-0.05, 0) is 30.9 Å². The van der Waals surface area contributed by atoms with E-state index in [0.717, 1.165) is 37.6 Å². The highest BCUT2D eigenvalue weighted by Gasteiger charge is 2.40. The van der Waals surface area contributed by atoms with Crippen molar-refractivity contribution in [3.8, 4) is 0 Å². The zero-order valence-corrected chi connectivity index (χ0v) is 11.7. The van der Waals surface area contributed by atoms with Crippen LogP contribution in [0.5, 0.6) is 0 Å². The highest BCUT2D eigenvalue weighted by atomic mass is 16.5. The van der Waals surface area contributed by atoms with E-state index in [1.807, 2.05) is 12.1 Å². The molecule has 4 heterocycles. The molecule has 6 heteroatoms. The minimum Gasteiger partial charge on any atom is -0.367 e. The monoisotopic (exact) mass is 283 g/mol. The fourth-order valence-electron chi connectivity index (χ4n) is 3.25. The van der Waals surface area contributed by atoms with Gasteiger partial charge in [-0.1, -0.05) is 0 Å². The zero-order valence-electron chi connectivity index (χ0n) is 11.7. The van der Waals surface area contributed by atoms with Crippen LogP contribution in [-0.2, 0) is 4.74 Å². The molecule has 21 heavy (non-hydrogen) atoms. The summed E-state index contributed by atoms with van der Waals surface area (Å²) < 4.78 is 6.22. The second-order valence-corrected chi connectivity index (χ2v) is 5.58. The van der Waals surface area contributed by atoms with Crippen molar-refractivity contribution in [2.45, 2.75) is 25.0 Å². The number of ether oxygens (including phenoxy) is 1. The van der Waals surface area contributed by atoms with Gasteiger partial charge in [0.1, 0.15) is 12.4 Å². The molecular weight excluding hydrogens is 266 g/mol. The molecule has 2 fully saturated rings. The van der Waals surface area contributed by atoms with E-state index in [1.165, 1.54) is 0 Å². The molecule has 0 unspecified atom stereocenters. The molecule has 6 nitrogen and oxygen atoms in total. The molecule has 2 aromatic rings. The summed E-state index contributed by atoms with van der Waals surface area (Å²) in [6.45, 7) is 1.85. The number of fused-ring (bicyclic) bond motifs is 1. The highest BCUT2D eigenvalue weighted by Crippen LogP contribution is 2.40. The topological polar surface area (TPSA) is 64.0 Å². The first-order valence-electron chi connectivity index (χ1n) is 7.33. The third-order valence-electron chi connectivity index (χ3n) is 4.32. The Kier molecular flexibility index (Phi) is 3.23. The lowest BCUT2D eigenvalue weighted by molar-refractivity contribution is 0.0296. The summed E-state index contributed by atoms with van der Waals surface area (Å²) >= 11 is 0. The molecule has 0 spiro atoms. The Morgan fingerprint density at radius 3 is 2.86 bits per heavy atom. The lowest BCUT2D eigenvalue weighted by Gasteiger charge is -2.33. The normalized spacial score (nSPS) is 28.4. The van der Waals surface area contributed by atoms with Crippen LogP contribution < -0.4 is 4.90 Å². The van der Waals surface area contributed by atoms with E-state index in [9.17, 15) is 0 Å². The van der Waals surface area contributed by atoms with Gasteiger partial charge in [-0.15, -0.1) is 0 Å². The molecule has 0 N–H and O–H groups in total. The van der Waals surface area contributed by atoms with E-state index in [-0.39, 0.29) is 12.2 Å². The van der Waals surface area contributed by atoms with Crippen molar-refractivity contribution < 1.29 is 4.74 Å². The molecule has 0 aliphatic carbocycles. The summed E-state index contributed by atoms with van der Waals surface area (Å²) in [5.74, 6) is 1.40. The minimum absolute atomic E-state index is 0.0969. The van der Waals surface area contributed by atoms with Crippen LogP contribution in [-0.4, -0.2) is 39.1 Å². The molecule has 0 saturated carbocycles. The molecule has 0 bridgehead atoms. The van der Waals surface area contributed by atoms with Crippen LogP contribution in [0.25, 0.3) is 0 Å². The lowest BCUT2D eigenvalue weighted by Crippen LogP contribution is -2.43. The summed E-state index contributed by atoms with van der Waals surface area (Å²) in [6.07, 6.45) is 9.43. The Balaban J connectivity index is 1.47. The quantitative estimate of drug-likeness (QED) is 0.834. The van der Waals surface area contributed by atoms with E-state index in [0.29, 0.717) is 5.92 Å². The third-order valence-corrected chi connectivity index (χ3v) is 4.32. The van der Waals surface area contributed by atoms with Gasteiger partial charge in [0.15, 0.2) is 0 Å². The fourth-order valence-corrected chi connectivity index (χ4v) is 3.25. The maximum absolute atomic E-state index is 6.22. The minimum atomic E-state index is 0.0969. The molecule has 0 aromatic carbocycles. The van der Waals surface area contributed by atoms with Gasteiger partial charge in [-0.2, -0.15) is 0 Å². The van der Waals surface area contributed by atoms with Crippen molar-refractivity contribution in [3.63, 3.8) is 0 Å². The molecule has 2 saturated heterocycles. The SMILES string of the molecule is c1cnc(N2CC[C@@H]3C[C@H](c4ccncn4)O[C@H]3C2)nc1. The Morgan fingerprint density at radius 2 is 2.05 bits per heavy atom. The number of nitrogens with zero attached hydrogens (tertiary/aromatic N) is 5. The van der Waals surface area contributed by atoms with Crippen molar-refractivity contribution in [1.82, 2.24) is 19.9 Å². The summed E-state index contributed by atoms with van der Waals surface area (Å²) in [5, 5.41) is 0. The average molecular weight is 283 g/mol. The van der Waals surface area contributed by atoms with Gasteiger partial charge in [0.25, 0.3) is 0 Å². The van der Waals surface area contributed by atoms with Crippen molar-refractivity contribution in [1.29, 1.82) is 0 Å². The van der Waals surface area contributed by atoms with Gasteiger partial charge in [-0.3, -0.25) is 0 Å². The first-order valence-corrected chi connectivity index (χ1v) is 7.33. The molecule has 108 valence electrons. The van der Waals surface area contributed by atoms with Crippen molar-refractivity contribution >= 4 is 5.95 Å². The van der Waals surface area contributed by atoms with Gasteiger partial charge in [0.2, 0.25) is 5.95 Å². The van der Waals surface area contributed by atoms with Crippen LogP contribution in [0.15, 0.2) is 37.1 Å². The van der Waals surface area contributed by atoms with E-state index < -0.39 is 0 Å². The molecule has 4 rings (SSSR count). The first-order chi connectivity index (χ1) is 10.4. The van der Waals surface area contributed by atoms with Gasteiger partial charge in [-0.25, -0.2) is 19.9 Å². The molecule has 0 amide bonds. The number of anilines is 1. The lowest BCUT2D eigenvalue weighted by atomic mass is 9.91. The molecular formula is C15H17N5O. The molecule has 3 atom stereocenters. The zero-order chi connectivity index (χ0) is 14.1. The van der Waals surface area contributed by atoms with Crippen molar-refractivity contribution in [2.24, 2.45) is 5.92 Å². The number of aromatic nitrogens is 4. The van der Waals surface area contributed by atoms with Crippen LogP contribution >= 0.6 is 0 Å². The molecule has 2 aliphatic rings. The van der Waals surface area contributed by atoms with Crippen LogP contribution in [0.1, 0.15) is 24.6 Å². The maximum atomic E-state index is 6.22. The summed E-state index contributed by atoms with van der Waals surface area (Å²) in [4.78, 5) is 19.2. The number of hydrogen-bond donors (Lipinski definition) is 0. The predicted molar refractivity (Wildman–Crippen MR) is 76.6 cm³/mol. The fraction of sp³-hybridized carbons (Fsp3) is 0.467. The van der Waals surface area contributed by atoms with Gasteiger partial charge in [0, 0.05) is 31.7 Å². The molecule has 2 aromatic heterocycles. The predicted octanol–water partition coefficient (Wildman–Crippen LogP) is 1.62. The summed E-state index contributed by atoms with van der Waals surface area (Å²) in [7, 11) is 0. The van der Waals surface area contributed by atoms with Crippen LogP contribution in [0.4, 0.5) is 5.95 Å². The smallest absolute Gasteiger partial charge is 0.225 e. The third kappa shape index (κ3) is 2.47. The van der Waals surface area contributed by atoms with Gasteiger partial charge in [0.05, 0.1) is 11.8 Å². The van der Waals surface area contributed by atoms with E-state index in [2.05, 4.69) is 24.8 Å². The molecule has 2 aliphatic heterocycles. The summed E-state index contributed by atoms with van der Waals surface area (Å²) in [6, 6.07) is 3.79. The van der Waals surface area contributed by atoms with Crippen molar-refractivity contribution in [3.05, 3.63) is 42.7 Å². The Hall–Kier alpha value is -2.08. The number of piperidine rings is 1. The Bertz CT molecular complexity index is 556. The largest absolute Gasteiger partial charge is 0.367 e.